The van der Waals surface area contributed by atoms with Crippen LogP contribution in [0.4, 0.5) is 0 Å². The van der Waals surface area contributed by atoms with Crippen LogP contribution in [0.5, 0.6) is 0 Å². The summed E-state index contributed by atoms with van der Waals surface area (Å²) in [6.45, 7) is 0.703. The van der Waals surface area contributed by atoms with Gasteiger partial charge >= 0.3 is 0 Å². The van der Waals surface area contributed by atoms with Crippen molar-refractivity contribution in [2.75, 3.05) is 20.3 Å². The summed E-state index contributed by atoms with van der Waals surface area (Å²) in [5.74, 6) is -0.281. The highest BCUT2D eigenvalue weighted by Gasteiger charge is 2.14. The van der Waals surface area contributed by atoms with Crippen molar-refractivity contribution in [3.8, 4) is 0 Å². The fourth-order valence-corrected chi connectivity index (χ4v) is 2.23. The smallest absolute Gasteiger partial charge is 0.297 e. The van der Waals surface area contributed by atoms with E-state index in [0.29, 0.717) is 24.3 Å². The number of aromatic nitrogens is 2. The van der Waals surface area contributed by atoms with Crippen LogP contribution in [0.15, 0.2) is 39.8 Å². The van der Waals surface area contributed by atoms with Crippen molar-refractivity contribution < 1.29 is 13.9 Å². The summed E-state index contributed by atoms with van der Waals surface area (Å²) in [5, 5.41) is 3.44. The summed E-state index contributed by atoms with van der Waals surface area (Å²) >= 11 is 0. The molecule has 2 aromatic heterocycles. The fraction of sp³-hybridized carbons (Fsp3) is 0.267. The van der Waals surface area contributed by atoms with Gasteiger partial charge in [0.25, 0.3) is 5.56 Å². The zero-order valence-electron chi connectivity index (χ0n) is 12.0. The first-order valence-electron chi connectivity index (χ1n) is 6.83. The number of amides is 1. The predicted octanol–water partition coefficient (Wildman–Crippen LogP) is 0.905. The minimum Gasteiger partial charge on any atom is -0.448 e. The number of fused-ring (bicyclic) bond motifs is 3. The number of furan rings is 1. The van der Waals surface area contributed by atoms with E-state index < -0.39 is 0 Å². The number of nitrogens with zero attached hydrogens (tertiary/aromatic N) is 2. The number of hydrogen-bond acceptors (Lipinski definition) is 5. The molecule has 0 spiro atoms. The van der Waals surface area contributed by atoms with Gasteiger partial charge in [-0.3, -0.25) is 14.2 Å². The first kappa shape index (κ1) is 14.3. The maximum atomic E-state index is 12.4. The molecule has 0 bridgehead atoms. The average Bonchev–Trinajstić information content (AvgIpc) is 2.90. The zero-order valence-corrected chi connectivity index (χ0v) is 12.0. The topological polar surface area (TPSA) is 86.4 Å². The largest absolute Gasteiger partial charge is 0.448 e. The molecule has 7 nitrogen and oxygen atoms in total. The van der Waals surface area contributed by atoms with Crippen LogP contribution in [-0.4, -0.2) is 35.7 Å². The molecule has 0 radical (unpaired) electrons. The first-order chi connectivity index (χ1) is 10.7. The van der Waals surface area contributed by atoms with Crippen LogP contribution in [0.25, 0.3) is 22.1 Å². The molecule has 7 heteroatoms. The molecule has 0 fully saturated rings. The Morgan fingerprint density at radius 2 is 2.23 bits per heavy atom. The number of ether oxygens (including phenoxy) is 1. The van der Waals surface area contributed by atoms with Crippen LogP contribution in [0.3, 0.4) is 0 Å². The summed E-state index contributed by atoms with van der Waals surface area (Å²) in [7, 11) is 1.55. The molecule has 0 aliphatic heterocycles. The van der Waals surface area contributed by atoms with Crippen LogP contribution in [0.2, 0.25) is 0 Å². The predicted molar refractivity (Wildman–Crippen MR) is 80.7 cm³/mol. The number of para-hydroxylation sites is 1. The van der Waals surface area contributed by atoms with E-state index >= 15 is 0 Å². The van der Waals surface area contributed by atoms with E-state index in [1.165, 1.54) is 10.9 Å². The van der Waals surface area contributed by atoms with E-state index in [1.54, 1.807) is 13.2 Å². The van der Waals surface area contributed by atoms with Gasteiger partial charge in [0.1, 0.15) is 17.6 Å². The van der Waals surface area contributed by atoms with E-state index in [4.69, 9.17) is 9.15 Å². The van der Waals surface area contributed by atoms with E-state index in [0.717, 1.165) is 5.39 Å². The van der Waals surface area contributed by atoms with Gasteiger partial charge in [0, 0.05) is 19.0 Å². The number of hydrogen-bond donors (Lipinski definition) is 1. The highest BCUT2D eigenvalue weighted by molar-refractivity contribution is 6.01. The molecule has 1 N–H and O–H groups in total. The molecule has 0 atom stereocenters. The van der Waals surface area contributed by atoms with Crippen molar-refractivity contribution in [2.24, 2.45) is 0 Å². The number of nitrogens with one attached hydrogen (secondary N) is 1. The van der Waals surface area contributed by atoms with Gasteiger partial charge in [-0.25, -0.2) is 4.98 Å². The molecular weight excluding hydrogens is 286 g/mol. The highest BCUT2D eigenvalue weighted by atomic mass is 16.5. The lowest BCUT2D eigenvalue weighted by Gasteiger charge is -2.06. The van der Waals surface area contributed by atoms with Crippen molar-refractivity contribution in [3.05, 3.63) is 40.9 Å². The van der Waals surface area contributed by atoms with Gasteiger partial charge in [-0.2, -0.15) is 0 Å². The lowest BCUT2D eigenvalue weighted by Crippen LogP contribution is -2.34. The van der Waals surface area contributed by atoms with Crippen molar-refractivity contribution in [1.29, 1.82) is 0 Å². The highest BCUT2D eigenvalue weighted by Crippen LogP contribution is 2.23. The minimum absolute atomic E-state index is 0.109. The Morgan fingerprint density at radius 1 is 1.41 bits per heavy atom. The van der Waals surface area contributed by atoms with Crippen molar-refractivity contribution in [1.82, 2.24) is 14.9 Å². The second kappa shape index (κ2) is 5.98. The van der Waals surface area contributed by atoms with E-state index in [2.05, 4.69) is 10.3 Å². The Bertz CT molecular complexity index is 881. The maximum absolute atomic E-state index is 12.4. The lowest BCUT2D eigenvalue weighted by atomic mass is 10.2. The Morgan fingerprint density at radius 3 is 3.05 bits per heavy atom. The summed E-state index contributed by atoms with van der Waals surface area (Å²) in [4.78, 5) is 28.4. The summed E-state index contributed by atoms with van der Waals surface area (Å²) < 4.78 is 11.6. The molecular formula is C15H15N3O4. The quantitative estimate of drug-likeness (QED) is 0.708. The third-order valence-corrected chi connectivity index (χ3v) is 3.29. The number of carbonyl (C=O) groups is 1. The SMILES string of the molecule is COCCNC(=O)Cn1cnc2c(oc3ccccc32)c1=O. The molecule has 22 heavy (non-hydrogen) atoms. The molecule has 3 aromatic rings. The molecule has 0 unspecified atom stereocenters. The standard InChI is InChI=1S/C15H15N3O4/c1-21-7-6-16-12(19)8-18-9-17-13-10-4-2-3-5-11(10)22-14(13)15(18)20/h2-5,9H,6-8H2,1H3,(H,16,19). The van der Waals surface area contributed by atoms with Crippen LogP contribution in [0, 0.1) is 0 Å². The van der Waals surface area contributed by atoms with Gasteiger partial charge in [0.05, 0.1) is 12.9 Å². The van der Waals surface area contributed by atoms with Crippen LogP contribution in [-0.2, 0) is 16.1 Å². The first-order valence-corrected chi connectivity index (χ1v) is 6.83. The second-order valence-electron chi connectivity index (χ2n) is 4.80. The maximum Gasteiger partial charge on any atom is 0.297 e. The third-order valence-electron chi connectivity index (χ3n) is 3.29. The Hall–Kier alpha value is -2.67. The van der Waals surface area contributed by atoms with E-state index in [1.807, 2.05) is 18.2 Å². The molecule has 2 heterocycles. The summed E-state index contributed by atoms with van der Waals surface area (Å²) in [6.07, 6.45) is 1.36. The summed E-state index contributed by atoms with van der Waals surface area (Å²) in [6, 6.07) is 7.30. The molecule has 0 aliphatic carbocycles. The number of rotatable bonds is 5. The average molecular weight is 301 g/mol. The Balaban J connectivity index is 1.92. The minimum atomic E-state index is -0.372. The van der Waals surface area contributed by atoms with Gasteiger partial charge in [0.2, 0.25) is 11.5 Å². The number of methoxy groups -OCH3 is 1. The normalized spacial score (nSPS) is 11.1. The molecule has 0 saturated heterocycles. The van der Waals surface area contributed by atoms with Crippen LogP contribution in [0.1, 0.15) is 0 Å². The molecule has 0 aliphatic rings. The van der Waals surface area contributed by atoms with Gasteiger partial charge in [-0.15, -0.1) is 0 Å². The van der Waals surface area contributed by atoms with Gasteiger partial charge in [0.15, 0.2) is 0 Å². The van der Waals surface area contributed by atoms with Crippen molar-refractivity contribution in [2.45, 2.75) is 6.54 Å². The molecule has 1 amide bonds. The third kappa shape index (κ3) is 2.58. The van der Waals surface area contributed by atoms with Crippen molar-refractivity contribution in [3.63, 3.8) is 0 Å². The fourth-order valence-electron chi connectivity index (χ4n) is 2.23. The van der Waals surface area contributed by atoms with E-state index in [-0.39, 0.29) is 23.6 Å². The Kier molecular flexibility index (Phi) is 3.88. The van der Waals surface area contributed by atoms with Crippen LogP contribution >= 0.6 is 0 Å². The molecule has 114 valence electrons. The summed E-state index contributed by atoms with van der Waals surface area (Å²) in [5.41, 5.74) is 0.900. The van der Waals surface area contributed by atoms with Gasteiger partial charge in [-0.1, -0.05) is 12.1 Å². The van der Waals surface area contributed by atoms with Gasteiger partial charge in [-0.05, 0) is 12.1 Å². The zero-order chi connectivity index (χ0) is 15.5. The lowest BCUT2D eigenvalue weighted by molar-refractivity contribution is -0.121. The molecule has 0 saturated carbocycles. The molecule has 3 rings (SSSR count). The van der Waals surface area contributed by atoms with Crippen molar-refractivity contribution >= 4 is 28.0 Å². The number of carbonyl (C=O) groups excluding carboxylic acids is 1. The Labute approximate surface area is 125 Å². The number of benzene rings is 1. The molecule has 1 aromatic carbocycles. The monoisotopic (exact) mass is 301 g/mol. The van der Waals surface area contributed by atoms with Gasteiger partial charge < -0.3 is 14.5 Å². The second-order valence-corrected chi connectivity index (χ2v) is 4.80. The van der Waals surface area contributed by atoms with Crippen LogP contribution < -0.4 is 10.9 Å². The van der Waals surface area contributed by atoms with E-state index in [9.17, 15) is 9.59 Å².